The third kappa shape index (κ3) is 1.22. The molecule has 0 saturated carbocycles. The highest BCUT2D eigenvalue weighted by Crippen LogP contribution is 2.04. The number of halogens is 1. The number of Topliss-reactive ketones (excluding diaryl/α,β-unsaturated/α-hetero) is 1. The molecule has 0 bridgehead atoms. The van der Waals surface area contributed by atoms with Gasteiger partial charge in [0.15, 0.2) is 5.82 Å². The summed E-state index contributed by atoms with van der Waals surface area (Å²) in [5.41, 5.74) is 0. The van der Waals surface area contributed by atoms with E-state index in [0.29, 0.717) is 4.60 Å². The molecular weight excluding hydrogens is 198 g/mol. The molecular formula is C5H2BrN3O. The molecule has 5 heteroatoms. The van der Waals surface area contributed by atoms with Crippen molar-refractivity contribution in [1.29, 1.82) is 5.26 Å². The SMILES string of the molecule is N#CC(=O)c1ncc(Br)[nH]1. The topological polar surface area (TPSA) is 69.5 Å². The lowest BCUT2D eigenvalue weighted by Crippen LogP contribution is -1.96. The first-order valence-corrected chi connectivity index (χ1v) is 3.18. The fourth-order valence-electron chi connectivity index (χ4n) is 0.467. The molecule has 1 rings (SSSR count). The van der Waals surface area contributed by atoms with Crippen LogP contribution in [0.1, 0.15) is 10.6 Å². The summed E-state index contributed by atoms with van der Waals surface area (Å²) in [7, 11) is 0. The minimum atomic E-state index is -0.661. The number of ketones is 1. The van der Waals surface area contributed by atoms with Gasteiger partial charge in [-0.15, -0.1) is 0 Å². The molecule has 0 fully saturated rings. The van der Waals surface area contributed by atoms with Crippen LogP contribution in [0.3, 0.4) is 0 Å². The van der Waals surface area contributed by atoms with Gasteiger partial charge in [-0.2, -0.15) is 5.26 Å². The predicted octanol–water partition coefficient (Wildman–Crippen LogP) is 0.878. The minimum absolute atomic E-state index is 0.0642. The largest absolute Gasteiger partial charge is 0.329 e. The zero-order chi connectivity index (χ0) is 7.56. The van der Waals surface area contributed by atoms with Crippen molar-refractivity contribution in [3.8, 4) is 6.07 Å². The van der Waals surface area contributed by atoms with E-state index in [1.807, 2.05) is 0 Å². The van der Waals surface area contributed by atoms with Crippen LogP contribution < -0.4 is 0 Å². The minimum Gasteiger partial charge on any atom is -0.329 e. The van der Waals surface area contributed by atoms with Crippen molar-refractivity contribution in [3.05, 3.63) is 16.6 Å². The second-order valence-electron chi connectivity index (χ2n) is 1.52. The van der Waals surface area contributed by atoms with Crippen molar-refractivity contribution in [2.24, 2.45) is 0 Å². The molecule has 0 amide bonds. The molecule has 1 heterocycles. The van der Waals surface area contributed by atoms with Crippen LogP contribution in [0.15, 0.2) is 10.8 Å². The van der Waals surface area contributed by atoms with Gasteiger partial charge < -0.3 is 4.98 Å². The molecule has 0 radical (unpaired) electrons. The maximum absolute atomic E-state index is 10.6. The van der Waals surface area contributed by atoms with Gasteiger partial charge in [0.25, 0.3) is 5.78 Å². The van der Waals surface area contributed by atoms with Crippen molar-refractivity contribution in [1.82, 2.24) is 9.97 Å². The highest BCUT2D eigenvalue weighted by Gasteiger charge is 2.06. The van der Waals surface area contributed by atoms with E-state index >= 15 is 0 Å². The van der Waals surface area contributed by atoms with Crippen LogP contribution in [0.4, 0.5) is 0 Å². The van der Waals surface area contributed by atoms with E-state index in [1.54, 1.807) is 0 Å². The molecule has 0 aliphatic heterocycles. The van der Waals surface area contributed by atoms with Gasteiger partial charge in [-0.25, -0.2) is 4.98 Å². The molecule has 1 aromatic heterocycles. The van der Waals surface area contributed by atoms with Gasteiger partial charge in [-0.1, -0.05) is 0 Å². The van der Waals surface area contributed by atoms with Gasteiger partial charge in [0.1, 0.15) is 10.7 Å². The number of aromatic amines is 1. The van der Waals surface area contributed by atoms with Gasteiger partial charge in [0.2, 0.25) is 0 Å². The van der Waals surface area contributed by atoms with Gasteiger partial charge >= 0.3 is 0 Å². The predicted molar refractivity (Wildman–Crippen MR) is 36.2 cm³/mol. The van der Waals surface area contributed by atoms with Crippen LogP contribution in [0.2, 0.25) is 0 Å². The average molecular weight is 200 g/mol. The zero-order valence-electron chi connectivity index (χ0n) is 4.76. The first-order chi connectivity index (χ1) is 4.74. The maximum Gasteiger partial charge on any atom is 0.297 e. The van der Waals surface area contributed by atoms with Crippen LogP contribution in [0.5, 0.6) is 0 Å². The summed E-state index contributed by atoms with van der Waals surface area (Å²) in [4.78, 5) is 16.7. The summed E-state index contributed by atoms with van der Waals surface area (Å²) >= 11 is 3.05. The van der Waals surface area contributed by atoms with Gasteiger partial charge in [0.05, 0.1) is 6.20 Å². The van der Waals surface area contributed by atoms with Crippen molar-refractivity contribution in [3.63, 3.8) is 0 Å². The van der Waals surface area contributed by atoms with E-state index in [1.165, 1.54) is 12.3 Å². The number of hydrogen-bond donors (Lipinski definition) is 1. The number of nitrogens with one attached hydrogen (secondary N) is 1. The van der Waals surface area contributed by atoms with Gasteiger partial charge in [-0.3, -0.25) is 4.79 Å². The van der Waals surface area contributed by atoms with Crippen LogP contribution >= 0.6 is 15.9 Å². The number of carbonyl (C=O) groups is 1. The summed E-state index contributed by atoms with van der Waals surface area (Å²) in [6.07, 6.45) is 1.42. The average Bonchev–Trinajstić information content (AvgIpc) is 2.34. The molecule has 0 unspecified atom stereocenters. The summed E-state index contributed by atoms with van der Waals surface area (Å²) in [5.74, 6) is -0.597. The molecule has 0 aliphatic rings. The Hall–Kier alpha value is -1.15. The summed E-state index contributed by atoms with van der Waals surface area (Å²) in [6.45, 7) is 0. The summed E-state index contributed by atoms with van der Waals surface area (Å²) in [5, 5.41) is 8.12. The first-order valence-electron chi connectivity index (χ1n) is 2.39. The normalized spacial score (nSPS) is 8.80. The van der Waals surface area contributed by atoms with Gasteiger partial charge in [-0.05, 0) is 15.9 Å². The molecule has 1 aromatic rings. The smallest absolute Gasteiger partial charge is 0.297 e. The number of aromatic nitrogens is 2. The highest BCUT2D eigenvalue weighted by atomic mass is 79.9. The Morgan fingerprint density at radius 3 is 3.00 bits per heavy atom. The second kappa shape index (κ2) is 2.62. The lowest BCUT2D eigenvalue weighted by molar-refractivity contribution is 0.104. The molecule has 0 aliphatic carbocycles. The molecule has 0 spiro atoms. The molecule has 50 valence electrons. The summed E-state index contributed by atoms with van der Waals surface area (Å²) in [6, 6.07) is 1.44. The van der Waals surface area contributed by atoms with Gasteiger partial charge in [0, 0.05) is 0 Å². The lowest BCUT2D eigenvalue weighted by atomic mass is 10.4. The molecule has 0 atom stereocenters. The number of imidazole rings is 1. The van der Waals surface area contributed by atoms with E-state index in [2.05, 4.69) is 25.9 Å². The van der Waals surface area contributed by atoms with Crippen molar-refractivity contribution in [2.75, 3.05) is 0 Å². The third-order valence-electron chi connectivity index (χ3n) is 0.861. The van der Waals surface area contributed by atoms with Crippen molar-refractivity contribution >= 4 is 21.7 Å². The Balaban J connectivity index is 2.98. The highest BCUT2D eigenvalue weighted by molar-refractivity contribution is 9.10. The Labute approximate surface area is 65.0 Å². The number of nitriles is 1. The number of H-pyrrole nitrogens is 1. The van der Waals surface area contributed by atoms with E-state index in [4.69, 9.17) is 5.26 Å². The number of rotatable bonds is 1. The fraction of sp³-hybridized carbons (Fsp3) is 0. The van der Waals surface area contributed by atoms with Crippen molar-refractivity contribution in [2.45, 2.75) is 0 Å². The third-order valence-corrected chi connectivity index (χ3v) is 1.26. The van der Waals surface area contributed by atoms with Crippen LogP contribution in [0.25, 0.3) is 0 Å². The van der Waals surface area contributed by atoms with Crippen LogP contribution in [0, 0.1) is 11.3 Å². The molecule has 4 nitrogen and oxygen atoms in total. The van der Waals surface area contributed by atoms with Crippen LogP contribution in [-0.2, 0) is 0 Å². The second-order valence-corrected chi connectivity index (χ2v) is 2.38. The zero-order valence-corrected chi connectivity index (χ0v) is 6.34. The molecule has 10 heavy (non-hydrogen) atoms. The monoisotopic (exact) mass is 199 g/mol. The van der Waals surface area contributed by atoms with E-state index in [-0.39, 0.29) is 5.82 Å². The molecule has 0 aromatic carbocycles. The summed E-state index contributed by atoms with van der Waals surface area (Å²) < 4.78 is 0.589. The lowest BCUT2D eigenvalue weighted by Gasteiger charge is -1.79. The molecule has 0 saturated heterocycles. The molecule has 1 N–H and O–H groups in total. The van der Waals surface area contributed by atoms with E-state index in [9.17, 15) is 4.79 Å². The fourth-order valence-corrected chi connectivity index (χ4v) is 0.757. The van der Waals surface area contributed by atoms with E-state index in [0.717, 1.165) is 0 Å². The van der Waals surface area contributed by atoms with Crippen molar-refractivity contribution < 1.29 is 4.79 Å². The first kappa shape index (κ1) is 6.96. The Bertz CT molecular complexity index is 298. The maximum atomic E-state index is 10.6. The quantitative estimate of drug-likeness (QED) is 0.540. The van der Waals surface area contributed by atoms with E-state index < -0.39 is 5.78 Å². The Morgan fingerprint density at radius 1 is 1.90 bits per heavy atom. The Morgan fingerprint density at radius 2 is 2.60 bits per heavy atom. The van der Waals surface area contributed by atoms with Crippen LogP contribution in [-0.4, -0.2) is 15.8 Å². The number of hydrogen-bond acceptors (Lipinski definition) is 3. The number of nitrogens with zero attached hydrogens (tertiary/aromatic N) is 2. The number of carbonyl (C=O) groups excluding carboxylic acids is 1. The Kier molecular flexibility index (Phi) is 1.83. The standard InChI is InChI=1S/C5H2BrN3O/c6-4-2-8-5(9-4)3(10)1-7/h2H,(H,8,9).